The standard InChI is InChI=1S/C11H20N2O/c1-14-5-4-13-11(12)10-7-8-2-3-9(10)6-8/h8-10H,2-7H2,1H3,(H2,12,13). The van der Waals surface area contributed by atoms with Crippen molar-refractivity contribution in [3.05, 3.63) is 0 Å². The molecule has 0 aromatic rings. The van der Waals surface area contributed by atoms with Crippen molar-refractivity contribution in [1.82, 2.24) is 0 Å². The molecule has 0 aromatic carbocycles. The summed E-state index contributed by atoms with van der Waals surface area (Å²) in [5.74, 6) is 3.26. The second-order valence-corrected chi connectivity index (χ2v) is 4.58. The number of rotatable bonds is 4. The van der Waals surface area contributed by atoms with Gasteiger partial charge < -0.3 is 10.5 Å². The van der Waals surface area contributed by atoms with Gasteiger partial charge in [0.25, 0.3) is 0 Å². The van der Waals surface area contributed by atoms with Crippen molar-refractivity contribution in [1.29, 1.82) is 0 Å². The highest BCUT2D eigenvalue weighted by molar-refractivity contribution is 5.83. The van der Waals surface area contributed by atoms with Gasteiger partial charge in [0.15, 0.2) is 0 Å². The van der Waals surface area contributed by atoms with Gasteiger partial charge in [-0.1, -0.05) is 6.42 Å². The first-order valence-electron chi connectivity index (χ1n) is 5.60. The molecule has 3 unspecified atom stereocenters. The van der Waals surface area contributed by atoms with Crippen molar-refractivity contribution < 1.29 is 4.74 Å². The average Bonchev–Trinajstić information content (AvgIpc) is 2.79. The quantitative estimate of drug-likeness (QED) is 0.420. The number of nitrogens with zero attached hydrogens (tertiary/aromatic N) is 1. The minimum Gasteiger partial charge on any atom is -0.387 e. The molecule has 0 saturated heterocycles. The van der Waals surface area contributed by atoms with E-state index >= 15 is 0 Å². The summed E-state index contributed by atoms with van der Waals surface area (Å²) in [7, 11) is 1.70. The molecule has 3 heteroatoms. The number of nitrogens with two attached hydrogens (primary N) is 1. The molecule has 0 heterocycles. The van der Waals surface area contributed by atoms with Crippen LogP contribution in [-0.4, -0.2) is 26.1 Å². The normalized spacial score (nSPS) is 36.6. The highest BCUT2D eigenvalue weighted by Crippen LogP contribution is 2.48. The molecule has 2 rings (SSSR count). The van der Waals surface area contributed by atoms with E-state index in [1.165, 1.54) is 25.7 Å². The molecule has 2 aliphatic carbocycles. The molecule has 2 N–H and O–H groups in total. The Bertz CT molecular complexity index is 227. The van der Waals surface area contributed by atoms with E-state index in [0.717, 1.165) is 24.2 Å². The van der Waals surface area contributed by atoms with Crippen molar-refractivity contribution in [3.63, 3.8) is 0 Å². The zero-order valence-corrected chi connectivity index (χ0v) is 8.91. The molecule has 2 saturated carbocycles. The van der Waals surface area contributed by atoms with Crippen LogP contribution in [0.1, 0.15) is 25.7 Å². The van der Waals surface area contributed by atoms with Gasteiger partial charge in [0.2, 0.25) is 0 Å². The number of methoxy groups -OCH3 is 1. The van der Waals surface area contributed by atoms with Gasteiger partial charge in [-0.15, -0.1) is 0 Å². The molecule has 2 fully saturated rings. The molecular formula is C11H20N2O. The Morgan fingerprint density at radius 2 is 2.29 bits per heavy atom. The van der Waals surface area contributed by atoms with Crippen LogP contribution in [0.4, 0.5) is 0 Å². The SMILES string of the molecule is COCCN=C(N)C1CC2CCC1C2. The van der Waals surface area contributed by atoms with Gasteiger partial charge in [-0.3, -0.25) is 4.99 Å². The van der Waals surface area contributed by atoms with Gasteiger partial charge >= 0.3 is 0 Å². The summed E-state index contributed by atoms with van der Waals surface area (Å²) in [6, 6.07) is 0. The predicted molar refractivity (Wildman–Crippen MR) is 57.3 cm³/mol. The summed E-state index contributed by atoms with van der Waals surface area (Å²) in [4.78, 5) is 4.38. The second kappa shape index (κ2) is 4.30. The van der Waals surface area contributed by atoms with Crippen molar-refractivity contribution >= 4 is 5.84 Å². The smallest absolute Gasteiger partial charge is 0.0972 e. The van der Waals surface area contributed by atoms with Crippen LogP contribution in [-0.2, 0) is 4.74 Å². The van der Waals surface area contributed by atoms with Gasteiger partial charge in [0, 0.05) is 13.0 Å². The lowest BCUT2D eigenvalue weighted by Gasteiger charge is -2.20. The van der Waals surface area contributed by atoms with Crippen molar-refractivity contribution in [2.24, 2.45) is 28.5 Å². The third-order valence-corrected chi connectivity index (χ3v) is 3.71. The first-order valence-corrected chi connectivity index (χ1v) is 5.60. The zero-order chi connectivity index (χ0) is 9.97. The van der Waals surface area contributed by atoms with Crippen molar-refractivity contribution in [3.8, 4) is 0 Å². The van der Waals surface area contributed by atoms with Crippen LogP contribution in [0.3, 0.4) is 0 Å². The van der Waals surface area contributed by atoms with Crippen molar-refractivity contribution in [2.75, 3.05) is 20.3 Å². The van der Waals surface area contributed by atoms with Gasteiger partial charge in [-0.2, -0.15) is 0 Å². The van der Waals surface area contributed by atoms with Crippen LogP contribution in [0.5, 0.6) is 0 Å². The van der Waals surface area contributed by atoms with Gasteiger partial charge in [-0.25, -0.2) is 0 Å². The maximum Gasteiger partial charge on any atom is 0.0972 e. The van der Waals surface area contributed by atoms with E-state index in [4.69, 9.17) is 10.5 Å². The number of aliphatic imine (C=N–C) groups is 1. The maximum absolute atomic E-state index is 6.00. The number of hydrogen-bond donors (Lipinski definition) is 1. The largest absolute Gasteiger partial charge is 0.387 e. The van der Waals surface area contributed by atoms with Crippen LogP contribution in [0.2, 0.25) is 0 Å². The minimum atomic E-state index is 0.589. The molecule has 2 bridgehead atoms. The summed E-state index contributed by atoms with van der Waals surface area (Å²) < 4.78 is 4.95. The summed E-state index contributed by atoms with van der Waals surface area (Å²) in [5, 5.41) is 0. The van der Waals surface area contributed by atoms with E-state index < -0.39 is 0 Å². The zero-order valence-electron chi connectivity index (χ0n) is 8.91. The van der Waals surface area contributed by atoms with E-state index in [-0.39, 0.29) is 0 Å². The summed E-state index contributed by atoms with van der Waals surface area (Å²) in [6.45, 7) is 1.40. The van der Waals surface area contributed by atoms with E-state index in [2.05, 4.69) is 4.99 Å². The monoisotopic (exact) mass is 196 g/mol. The van der Waals surface area contributed by atoms with E-state index in [0.29, 0.717) is 12.5 Å². The lowest BCUT2D eigenvalue weighted by Crippen LogP contribution is -2.28. The van der Waals surface area contributed by atoms with E-state index in [1.54, 1.807) is 7.11 Å². The van der Waals surface area contributed by atoms with Crippen LogP contribution in [0.15, 0.2) is 4.99 Å². The molecule has 0 spiro atoms. The Morgan fingerprint density at radius 1 is 1.43 bits per heavy atom. The number of amidine groups is 1. The highest BCUT2D eigenvalue weighted by atomic mass is 16.5. The lowest BCUT2D eigenvalue weighted by molar-refractivity contribution is 0.207. The molecule has 0 amide bonds. The molecule has 3 nitrogen and oxygen atoms in total. The first-order chi connectivity index (χ1) is 6.81. The lowest BCUT2D eigenvalue weighted by atomic mass is 9.88. The predicted octanol–water partition coefficient (Wildman–Crippen LogP) is 1.43. The molecule has 0 aromatic heterocycles. The number of ether oxygens (including phenoxy) is 1. The molecule has 2 aliphatic rings. The highest BCUT2D eigenvalue weighted by Gasteiger charge is 2.41. The van der Waals surface area contributed by atoms with Crippen LogP contribution >= 0.6 is 0 Å². The fraction of sp³-hybridized carbons (Fsp3) is 0.909. The topological polar surface area (TPSA) is 47.6 Å². The molecule has 0 aliphatic heterocycles. The maximum atomic E-state index is 6.00. The van der Waals surface area contributed by atoms with Gasteiger partial charge in [0.1, 0.15) is 0 Å². The Labute approximate surface area is 85.7 Å². The third kappa shape index (κ3) is 1.92. The molecule has 0 radical (unpaired) electrons. The van der Waals surface area contributed by atoms with Crippen LogP contribution in [0, 0.1) is 17.8 Å². The molecular weight excluding hydrogens is 176 g/mol. The van der Waals surface area contributed by atoms with E-state index in [1.807, 2.05) is 0 Å². The molecule has 14 heavy (non-hydrogen) atoms. The van der Waals surface area contributed by atoms with E-state index in [9.17, 15) is 0 Å². The number of fused-ring (bicyclic) bond motifs is 2. The van der Waals surface area contributed by atoms with Gasteiger partial charge in [0.05, 0.1) is 19.0 Å². The van der Waals surface area contributed by atoms with Gasteiger partial charge in [-0.05, 0) is 31.1 Å². The second-order valence-electron chi connectivity index (χ2n) is 4.58. The summed E-state index contributed by atoms with van der Waals surface area (Å²) >= 11 is 0. The Morgan fingerprint density at radius 3 is 2.86 bits per heavy atom. The Balaban J connectivity index is 1.86. The van der Waals surface area contributed by atoms with Crippen LogP contribution in [0.25, 0.3) is 0 Å². The number of hydrogen-bond acceptors (Lipinski definition) is 2. The molecule has 3 atom stereocenters. The minimum absolute atomic E-state index is 0.589. The average molecular weight is 196 g/mol. The summed E-state index contributed by atoms with van der Waals surface area (Å²) in [6.07, 6.45) is 5.47. The Hall–Kier alpha value is -0.570. The van der Waals surface area contributed by atoms with Crippen LogP contribution < -0.4 is 5.73 Å². The van der Waals surface area contributed by atoms with Crippen molar-refractivity contribution in [2.45, 2.75) is 25.7 Å². The Kier molecular flexibility index (Phi) is 3.06. The summed E-state index contributed by atoms with van der Waals surface area (Å²) in [5.41, 5.74) is 6.00. The fourth-order valence-corrected chi connectivity index (χ4v) is 2.99. The molecule has 80 valence electrons. The fourth-order valence-electron chi connectivity index (χ4n) is 2.99. The first kappa shape index (κ1) is 9.97. The third-order valence-electron chi connectivity index (χ3n) is 3.71.